The molecule has 0 bridgehead atoms. The molecule has 0 fully saturated rings. The zero-order valence-electron chi connectivity index (χ0n) is 10.8. The molecule has 0 spiro atoms. The van der Waals surface area contributed by atoms with E-state index >= 15 is 0 Å². The standard InChI is InChI=1S/C15H21NO/c1-4-12(2)17-13(3)9-10-14-7-5-6-8-15(14)11-16/h4-8,10-11,13H,9,16H2,1-3H3/b12-4+,14-10-,15-11-. The van der Waals surface area contributed by atoms with E-state index in [2.05, 4.69) is 19.1 Å². The number of hydrogen-bond donors (Lipinski definition) is 1. The molecule has 0 aliphatic carbocycles. The van der Waals surface area contributed by atoms with Crippen molar-refractivity contribution >= 4 is 12.3 Å². The molecule has 1 unspecified atom stereocenters. The van der Waals surface area contributed by atoms with E-state index in [1.165, 1.54) is 0 Å². The minimum Gasteiger partial charge on any atom is -0.495 e. The molecule has 0 amide bonds. The summed E-state index contributed by atoms with van der Waals surface area (Å²) in [4.78, 5) is 0. The molecule has 0 aromatic heterocycles. The van der Waals surface area contributed by atoms with Crippen LogP contribution in [-0.2, 0) is 4.74 Å². The van der Waals surface area contributed by atoms with Crippen molar-refractivity contribution in [2.75, 3.05) is 0 Å². The van der Waals surface area contributed by atoms with E-state index in [0.29, 0.717) is 0 Å². The van der Waals surface area contributed by atoms with Gasteiger partial charge < -0.3 is 10.5 Å². The van der Waals surface area contributed by atoms with Crippen LogP contribution in [0.5, 0.6) is 0 Å². The van der Waals surface area contributed by atoms with Gasteiger partial charge in [0.1, 0.15) is 0 Å². The molecule has 0 saturated carbocycles. The first-order chi connectivity index (χ1) is 8.17. The average molecular weight is 231 g/mol. The average Bonchev–Trinajstić information content (AvgIpc) is 2.36. The Labute approximate surface area is 103 Å². The fourth-order valence-electron chi connectivity index (χ4n) is 1.57. The molecular formula is C15H21NO. The third kappa shape index (κ3) is 4.35. The fourth-order valence-corrected chi connectivity index (χ4v) is 1.57. The maximum absolute atomic E-state index is 5.68. The Morgan fingerprint density at radius 1 is 1.35 bits per heavy atom. The summed E-state index contributed by atoms with van der Waals surface area (Å²) in [5.74, 6) is 0.963. The van der Waals surface area contributed by atoms with Crippen LogP contribution in [0.2, 0.25) is 0 Å². The van der Waals surface area contributed by atoms with Crippen LogP contribution in [0.1, 0.15) is 27.2 Å². The van der Waals surface area contributed by atoms with Gasteiger partial charge >= 0.3 is 0 Å². The van der Waals surface area contributed by atoms with Crippen LogP contribution in [-0.4, -0.2) is 6.10 Å². The van der Waals surface area contributed by atoms with Gasteiger partial charge in [0.25, 0.3) is 0 Å². The largest absolute Gasteiger partial charge is 0.495 e. The van der Waals surface area contributed by atoms with Gasteiger partial charge in [0.05, 0.1) is 11.9 Å². The Kier molecular flexibility index (Phi) is 5.34. The first kappa shape index (κ1) is 13.4. The van der Waals surface area contributed by atoms with Crippen molar-refractivity contribution in [2.24, 2.45) is 5.73 Å². The Morgan fingerprint density at radius 3 is 2.59 bits per heavy atom. The van der Waals surface area contributed by atoms with Crippen molar-refractivity contribution in [3.63, 3.8) is 0 Å². The second kappa shape index (κ2) is 6.79. The minimum atomic E-state index is 0.178. The summed E-state index contributed by atoms with van der Waals surface area (Å²) in [7, 11) is 0. The highest BCUT2D eigenvalue weighted by Gasteiger charge is 1.99. The lowest BCUT2D eigenvalue weighted by molar-refractivity contribution is 0.138. The third-order valence-corrected chi connectivity index (χ3v) is 2.64. The van der Waals surface area contributed by atoms with Gasteiger partial charge in [-0.15, -0.1) is 0 Å². The van der Waals surface area contributed by atoms with E-state index < -0.39 is 0 Å². The molecule has 1 aromatic rings. The van der Waals surface area contributed by atoms with Crippen LogP contribution in [0.25, 0.3) is 12.3 Å². The fraction of sp³-hybridized carbons (Fsp3) is 0.333. The molecule has 2 N–H and O–H groups in total. The molecule has 2 nitrogen and oxygen atoms in total. The number of allylic oxidation sites excluding steroid dienone is 2. The summed E-state index contributed by atoms with van der Waals surface area (Å²) in [6.45, 7) is 6.01. The lowest BCUT2D eigenvalue weighted by Gasteiger charge is -2.12. The zero-order chi connectivity index (χ0) is 12.7. The van der Waals surface area contributed by atoms with Gasteiger partial charge in [0.15, 0.2) is 0 Å². The van der Waals surface area contributed by atoms with Gasteiger partial charge in [-0.1, -0.05) is 30.3 Å². The van der Waals surface area contributed by atoms with Gasteiger partial charge in [-0.3, -0.25) is 0 Å². The van der Waals surface area contributed by atoms with Gasteiger partial charge in [-0.05, 0) is 37.3 Å². The summed E-state index contributed by atoms with van der Waals surface area (Å²) in [5, 5.41) is 2.21. The molecule has 0 aliphatic heterocycles. The monoisotopic (exact) mass is 231 g/mol. The van der Waals surface area contributed by atoms with Crippen LogP contribution < -0.4 is 16.2 Å². The number of benzene rings is 1. The van der Waals surface area contributed by atoms with Crippen LogP contribution in [0.3, 0.4) is 0 Å². The molecule has 0 saturated heterocycles. The summed E-state index contributed by atoms with van der Waals surface area (Å²) >= 11 is 0. The van der Waals surface area contributed by atoms with E-state index in [1.54, 1.807) is 6.20 Å². The second-order valence-corrected chi connectivity index (χ2v) is 4.06. The van der Waals surface area contributed by atoms with Gasteiger partial charge in [-0.2, -0.15) is 0 Å². The van der Waals surface area contributed by atoms with Crippen molar-refractivity contribution in [1.82, 2.24) is 0 Å². The van der Waals surface area contributed by atoms with Crippen molar-refractivity contribution in [3.8, 4) is 0 Å². The molecule has 0 radical (unpaired) electrons. The van der Waals surface area contributed by atoms with Crippen LogP contribution in [0, 0.1) is 0 Å². The van der Waals surface area contributed by atoms with Crippen LogP contribution in [0.4, 0.5) is 0 Å². The first-order valence-electron chi connectivity index (χ1n) is 5.94. The molecule has 1 atom stereocenters. The Bertz CT molecular complexity index is 488. The first-order valence-corrected chi connectivity index (χ1v) is 5.94. The summed E-state index contributed by atoms with van der Waals surface area (Å²) in [5.41, 5.74) is 5.57. The van der Waals surface area contributed by atoms with E-state index in [-0.39, 0.29) is 6.10 Å². The minimum absolute atomic E-state index is 0.178. The van der Waals surface area contributed by atoms with Crippen LogP contribution >= 0.6 is 0 Å². The summed E-state index contributed by atoms with van der Waals surface area (Å²) in [6, 6.07) is 8.07. The van der Waals surface area contributed by atoms with E-state index in [9.17, 15) is 0 Å². The molecule has 92 valence electrons. The molecule has 1 aromatic carbocycles. The van der Waals surface area contributed by atoms with E-state index in [4.69, 9.17) is 10.5 Å². The molecule has 0 heterocycles. The smallest absolute Gasteiger partial charge is 0.0988 e. The predicted molar refractivity (Wildman–Crippen MR) is 73.4 cm³/mol. The second-order valence-electron chi connectivity index (χ2n) is 4.06. The summed E-state index contributed by atoms with van der Waals surface area (Å²) in [6.07, 6.45) is 6.81. The van der Waals surface area contributed by atoms with Crippen molar-refractivity contribution in [3.05, 3.63) is 46.5 Å². The zero-order valence-corrected chi connectivity index (χ0v) is 10.8. The topological polar surface area (TPSA) is 35.2 Å². The lowest BCUT2D eigenvalue weighted by Crippen LogP contribution is -2.25. The van der Waals surface area contributed by atoms with Crippen LogP contribution in [0.15, 0.2) is 36.1 Å². The third-order valence-electron chi connectivity index (χ3n) is 2.64. The Hall–Kier alpha value is -1.70. The highest BCUT2D eigenvalue weighted by Crippen LogP contribution is 2.05. The molecule has 0 aliphatic rings. The molecular weight excluding hydrogens is 210 g/mol. The van der Waals surface area contributed by atoms with Gasteiger partial charge in [0, 0.05) is 12.6 Å². The summed E-state index contributed by atoms with van der Waals surface area (Å²) < 4.78 is 5.68. The predicted octanol–water partition coefficient (Wildman–Crippen LogP) is 1.88. The Morgan fingerprint density at radius 2 is 2.00 bits per heavy atom. The van der Waals surface area contributed by atoms with Gasteiger partial charge in [-0.25, -0.2) is 0 Å². The molecule has 17 heavy (non-hydrogen) atoms. The molecule has 1 rings (SSSR count). The molecule has 2 heteroatoms. The highest BCUT2D eigenvalue weighted by molar-refractivity contribution is 5.30. The number of rotatable bonds is 4. The van der Waals surface area contributed by atoms with E-state index in [1.807, 2.05) is 38.1 Å². The van der Waals surface area contributed by atoms with Crippen molar-refractivity contribution in [1.29, 1.82) is 0 Å². The quantitative estimate of drug-likeness (QED) is 0.803. The van der Waals surface area contributed by atoms with E-state index in [0.717, 1.165) is 22.6 Å². The maximum atomic E-state index is 5.68. The maximum Gasteiger partial charge on any atom is 0.0988 e. The SMILES string of the molecule is C/C=C(\C)OC(C)C/C=c1/cccc/c1=C/N. The van der Waals surface area contributed by atoms with Crippen molar-refractivity contribution < 1.29 is 4.74 Å². The van der Waals surface area contributed by atoms with Crippen molar-refractivity contribution in [2.45, 2.75) is 33.3 Å². The highest BCUT2D eigenvalue weighted by atomic mass is 16.5. The van der Waals surface area contributed by atoms with Gasteiger partial charge in [0.2, 0.25) is 0 Å². The number of nitrogens with two attached hydrogens (primary N) is 1. The number of hydrogen-bond acceptors (Lipinski definition) is 2. The normalized spacial score (nSPS) is 16.1. The number of ether oxygens (including phenoxy) is 1. The lowest BCUT2D eigenvalue weighted by atomic mass is 10.2. The Balaban J connectivity index is 2.77.